The molecule has 0 saturated heterocycles. The van der Waals surface area contributed by atoms with Gasteiger partial charge in [-0.2, -0.15) is 0 Å². The number of carbonyl (C=O) groups excluding carboxylic acids is 2. The first-order valence-electron chi connectivity index (χ1n) is 7.59. The first kappa shape index (κ1) is 19.6. The lowest BCUT2D eigenvalue weighted by atomic mass is 10.1. The van der Waals surface area contributed by atoms with E-state index in [1.54, 1.807) is 13.8 Å². The van der Waals surface area contributed by atoms with Crippen LogP contribution < -0.4 is 0 Å². The molecule has 2 unspecified atom stereocenters. The average Bonchev–Trinajstić information content (AvgIpc) is 2.60. The lowest BCUT2D eigenvalue weighted by Gasteiger charge is -2.31. The average molecular weight is 338 g/mol. The summed E-state index contributed by atoms with van der Waals surface area (Å²) in [4.78, 5) is 36.1. The summed E-state index contributed by atoms with van der Waals surface area (Å²) in [5.74, 6) is -1.53. The fourth-order valence-electron chi connectivity index (χ4n) is 2.33. The zero-order valence-corrected chi connectivity index (χ0v) is 14.0. The number of esters is 1. The summed E-state index contributed by atoms with van der Waals surface area (Å²) in [5.41, 5.74) is -0.0629. The van der Waals surface area contributed by atoms with Crippen molar-refractivity contribution in [3.8, 4) is 0 Å². The maximum atomic E-state index is 12.8. The maximum Gasteiger partial charge on any atom is 0.310 e. The van der Waals surface area contributed by atoms with Crippen molar-refractivity contribution in [2.45, 2.75) is 26.3 Å². The molecule has 24 heavy (non-hydrogen) atoms. The Balaban J connectivity index is 3.13. The molecule has 132 valence electrons. The van der Waals surface area contributed by atoms with Gasteiger partial charge >= 0.3 is 5.97 Å². The Kier molecular flexibility index (Phi) is 7.31. The highest BCUT2D eigenvalue weighted by Gasteiger charge is 2.28. The number of ether oxygens (including phenoxy) is 1. The minimum atomic E-state index is -0.585. The highest BCUT2D eigenvalue weighted by atomic mass is 16.6. The predicted molar refractivity (Wildman–Crippen MR) is 86.5 cm³/mol. The number of non-ortho nitro benzene ring substituents is 1. The summed E-state index contributed by atoms with van der Waals surface area (Å²) in [7, 11) is 1.26. The molecule has 1 amide bonds. The van der Waals surface area contributed by atoms with Crippen molar-refractivity contribution in [2.24, 2.45) is 5.92 Å². The lowest BCUT2D eigenvalue weighted by molar-refractivity contribution is -0.384. The van der Waals surface area contributed by atoms with Gasteiger partial charge in [0.1, 0.15) is 0 Å². The van der Waals surface area contributed by atoms with Gasteiger partial charge < -0.3 is 14.7 Å². The molecule has 1 rings (SSSR count). The van der Waals surface area contributed by atoms with Crippen LogP contribution in [0.2, 0.25) is 0 Å². The molecule has 0 bridgehead atoms. The normalized spacial score (nSPS) is 13.0. The molecule has 0 radical (unpaired) electrons. The number of nitro benzene ring substituents is 1. The number of methoxy groups -OCH3 is 1. The van der Waals surface area contributed by atoms with Gasteiger partial charge in [0.15, 0.2) is 0 Å². The quantitative estimate of drug-likeness (QED) is 0.438. The van der Waals surface area contributed by atoms with Gasteiger partial charge in [-0.15, -0.1) is 0 Å². The van der Waals surface area contributed by atoms with E-state index in [-0.39, 0.29) is 24.4 Å². The van der Waals surface area contributed by atoms with E-state index in [9.17, 15) is 24.8 Å². The van der Waals surface area contributed by atoms with Crippen molar-refractivity contribution in [1.82, 2.24) is 4.90 Å². The molecule has 0 aliphatic rings. The Labute approximate surface area is 140 Å². The molecular formula is C16H22N2O6. The zero-order chi connectivity index (χ0) is 18.3. The fraction of sp³-hybridized carbons (Fsp3) is 0.500. The number of rotatable bonds is 8. The van der Waals surface area contributed by atoms with E-state index in [2.05, 4.69) is 4.74 Å². The van der Waals surface area contributed by atoms with Gasteiger partial charge in [-0.3, -0.25) is 19.7 Å². The Bertz CT molecular complexity index is 600. The van der Waals surface area contributed by atoms with Crippen LogP contribution in [0.4, 0.5) is 5.69 Å². The second-order valence-corrected chi connectivity index (χ2v) is 5.43. The maximum absolute atomic E-state index is 12.8. The van der Waals surface area contributed by atoms with Gasteiger partial charge in [-0.25, -0.2) is 0 Å². The molecule has 0 saturated carbocycles. The minimum Gasteiger partial charge on any atom is -0.469 e. The predicted octanol–water partition coefficient (Wildman–Crippen LogP) is 1.62. The third-order valence-electron chi connectivity index (χ3n) is 3.76. The molecule has 0 fully saturated rings. The summed E-state index contributed by atoms with van der Waals surface area (Å²) < 4.78 is 4.67. The second kappa shape index (κ2) is 8.97. The monoisotopic (exact) mass is 338 g/mol. The van der Waals surface area contributed by atoms with Crippen LogP contribution in [0.25, 0.3) is 0 Å². The topological polar surface area (TPSA) is 110 Å². The van der Waals surface area contributed by atoms with Crippen LogP contribution in [0.3, 0.4) is 0 Å². The molecule has 2 atom stereocenters. The minimum absolute atomic E-state index is 0.0489. The third-order valence-corrected chi connectivity index (χ3v) is 3.76. The summed E-state index contributed by atoms with van der Waals surface area (Å²) in [5, 5.41) is 20.4. The van der Waals surface area contributed by atoms with E-state index in [0.29, 0.717) is 6.42 Å². The Hall–Kier alpha value is -2.48. The van der Waals surface area contributed by atoms with E-state index in [4.69, 9.17) is 0 Å². The van der Waals surface area contributed by atoms with Crippen molar-refractivity contribution in [3.63, 3.8) is 0 Å². The molecule has 1 aromatic rings. The van der Waals surface area contributed by atoms with E-state index in [0.717, 1.165) is 0 Å². The largest absolute Gasteiger partial charge is 0.469 e. The van der Waals surface area contributed by atoms with Crippen molar-refractivity contribution >= 4 is 17.6 Å². The van der Waals surface area contributed by atoms with Gasteiger partial charge in [0.25, 0.3) is 11.6 Å². The van der Waals surface area contributed by atoms with Crippen LogP contribution in [0.1, 0.15) is 30.6 Å². The molecule has 8 nitrogen and oxygen atoms in total. The summed E-state index contributed by atoms with van der Waals surface area (Å²) in [6.45, 7) is 3.19. The molecule has 0 aliphatic carbocycles. The summed E-state index contributed by atoms with van der Waals surface area (Å²) >= 11 is 0. The smallest absolute Gasteiger partial charge is 0.310 e. The first-order valence-corrected chi connectivity index (χ1v) is 7.59. The number of nitro groups is 1. The van der Waals surface area contributed by atoms with Crippen LogP contribution in [-0.4, -0.2) is 53.1 Å². The Morgan fingerprint density at radius 1 is 1.42 bits per heavy atom. The van der Waals surface area contributed by atoms with Crippen LogP contribution in [0.15, 0.2) is 24.3 Å². The van der Waals surface area contributed by atoms with Gasteiger partial charge in [-0.1, -0.05) is 19.9 Å². The number of benzene rings is 1. The van der Waals surface area contributed by atoms with Gasteiger partial charge in [0, 0.05) is 24.2 Å². The Morgan fingerprint density at radius 3 is 2.58 bits per heavy atom. The van der Waals surface area contributed by atoms with E-state index >= 15 is 0 Å². The van der Waals surface area contributed by atoms with Crippen molar-refractivity contribution in [1.29, 1.82) is 0 Å². The number of aliphatic hydroxyl groups is 1. The number of amides is 1. The molecule has 0 aliphatic heterocycles. The SMILES string of the molecule is CCC(CO)N(CC(C)C(=O)OC)C(=O)c1cccc([N+](=O)[O-])c1. The van der Waals surface area contributed by atoms with Crippen molar-refractivity contribution in [3.05, 3.63) is 39.9 Å². The van der Waals surface area contributed by atoms with Gasteiger partial charge in [0.05, 0.1) is 30.6 Å². The highest BCUT2D eigenvalue weighted by molar-refractivity contribution is 5.95. The van der Waals surface area contributed by atoms with Crippen LogP contribution in [0, 0.1) is 16.0 Å². The fourth-order valence-corrected chi connectivity index (χ4v) is 2.33. The summed E-state index contributed by atoms with van der Waals surface area (Å²) in [6, 6.07) is 4.87. The molecule has 0 spiro atoms. The molecule has 1 N–H and O–H groups in total. The molecule has 1 aromatic carbocycles. The van der Waals surface area contributed by atoms with Crippen LogP contribution >= 0.6 is 0 Å². The van der Waals surface area contributed by atoms with E-state index in [1.165, 1.54) is 36.3 Å². The van der Waals surface area contributed by atoms with Gasteiger partial charge in [-0.05, 0) is 12.5 Å². The highest BCUT2D eigenvalue weighted by Crippen LogP contribution is 2.18. The molecular weight excluding hydrogens is 316 g/mol. The van der Waals surface area contributed by atoms with Crippen molar-refractivity contribution < 1.29 is 24.4 Å². The Morgan fingerprint density at radius 2 is 2.08 bits per heavy atom. The third kappa shape index (κ3) is 4.76. The number of hydrogen-bond acceptors (Lipinski definition) is 6. The molecule has 0 heterocycles. The number of aliphatic hydroxyl groups excluding tert-OH is 1. The molecule has 0 aromatic heterocycles. The van der Waals surface area contributed by atoms with Crippen LogP contribution in [-0.2, 0) is 9.53 Å². The van der Waals surface area contributed by atoms with Crippen molar-refractivity contribution in [2.75, 3.05) is 20.3 Å². The van der Waals surface area contributed by atoms with E-state index < -0.39 is 28.8 Å². The summed E-state index contributed by atoms with van der Waals surface area (Å²) in [6.07, 6.45) is 0.477. The number of hydrogen-bond donors (Lipinski definition) is 1. The van der Waals surface area contributed by atoms with E-state index in [1.807, 2.05) is 0 Å². The second-order valence-electron chi connectivity index (χ2n) is 5.43. The zero-order valence-electron chi connectivity index (χ0n) is 14.0. The number of carbonyl (C=O) groups is 2. The standard InChI is InChI=1S/C16H22N2O6/c1-4-13(10-19)17(9-11(2)16(21)24-3)15(20)12-6-5-7-14(8-12)18(22)23/h5-8,11,13,19H,4,9-10H2,1-3H3. The first-order chi connectivity index (χ1) is 11.3. The number of nitrogens with zero attached hydrogens (tertiary/aromatic N) is 2. The van der Waals surface area contributed by atoms with Crippen LogP contribution in [0.5, 0.6) is 0 Å². The lowest BCUT2D eigenvalue weighted by Crippen LogP contribution is -2.45. The molecule has 8 heteroatoms. The van der Waals surface area contributed by atoms with Gasteiger partial charge in [0.2, 0.25) is 0 Å².